The molecule has 0 atom stereocenters. The predicted octanol–water partition coefficient (Wildman–Crippen LogP) is 4.19. The van der Waals surface area contributed by atoms with Gasteiger partial charge in [-0.05, 0) is 17.7 Å². The van der Waals surface area contributed by atoms with Gasteiger partial charge in [0.15, 0.2) is 5.82 Å². The molecule has 2 aromatic carbocycles. The number of hydrogen-bond acceptors (Lipinski definition) is 2. The van der Waals surface area contributed by atoms with E-state index in [0.717, 1.165) is 17.7 Å². The van der Waals surface area contributed by atoms with Crippen molar-refractivity contribution >= 4 is 28.9 Å². The van der Waals surface area contributed by atoms with Gasteiger partial charge in [-0.2, -0.15) is 0 Å². The molecule has 110 valence electrons. The molecule has 0 aromatic heterocycles. The highest BCUT2D eigenvalue weighted by Gasteiger charge is 2.10. The molecule has 0 unspecified atom stereocenters. The number of para-hydroxylation sites is 1. The van der Waals surface area contributed by atoms with Gasteiger partial charge in [0.1, 0.15) is 5.82 Å². The van der Waals surface area contributed by atoms with E-state index in [2.05, 4.69) is 10.6 Å². The number of rotatable bonds is 4. The lowest BCUT2D eigenvalue weighted by Gasteiger charge is -2.13. The lowest BCUT2D eigenvalue weighted by Crippen LogP contribution is -2.10. The van der Waals surface area contributed by atoms with Crippen molar-refractivity contribution in [2.75, 3.05) is 10.6 Å². The van der Waals surface area contributed by atoms with Crippen molar-refractivity contribution < 1.29 is 13.6 Å². The summed E-state index contributed by atoms with van der Waals surface area (Å²) in [7, 11) is 0. The van der Waals surface area contributed by atoms with Gasteiger partial charge in [-0.1, -0.05) is 29.8 Å². The second-order valence-electron chi connectivity index (χ2n) is 4.44. The number of benzene rings is 2. The molecular weight excluding hydrogens is 298 g/mol. The Hall–Kier alpha value is -2.14. The molecule has 21 heavy (non-hydrogen) atoms. The van der Waals surface area contributed by atoms with Crippen molar-refractivity contribution in [2.45, 2.75) is 13.5 Å². The first-order valence-corrected chi connectivity index (χ1v) is 6.59. The van der Waals surface area contributed by atoms with Crippen molar-refractivity contribution in [3.8, 4) is 0 Å². The van der Waals surface area contributed by atoms with Crippen LogP contribution in [0.4, 0.5) is 20.2 Å². The Labute approximate surface area is 125 Å². The van der Waals surface area contributed by atoms with Gasteiger partial charge < -0.3 is 10.6 Å². The highest BCUT2D eigenvalue weighted by Crippen LogP contribution is 2.27. The molecule has 6 heteroatoms. The van der Waals surface area contributed by atoms with Crippen molar-refractivity contribution in [1.29, 1.82) is 0 Å². The molecule has 0 spiro atoms. The van der Waals surface area contributed by atoms with Crippen molar-refractivity contribution in [1.82, 2.24) is 0 Å². The van der Waals surface area contributed by atoms with Crippen LogP contribution < -0.4 is 10.6 Å². The van der Waals surface area contributed by atoms with E-state index in [0.29, 0.717) is 5.69 Å². The molecule has 0 saturated carbocycles. The Bertz CT molecular complexity index is 653. The minimum atomic E-state index is -0.767. The molecule has 0 heterocycles. The van der Waals surface area contributed by atoms with E-state index in [1.165, 1.54) is 6.92 Å². The third kappa shape index (κ3) is 3.92. The maximum atomic E-state index is 13.7. The monoisotopic (exact) mass is 310 g/mol. The number of anilines is 2. The van der Waals surface area contributed by atoms with Crippen LogP contribution in [-0.2, 0) is 11.3 Å². The first-order chi connectivity index (χ1) is 9.97. The minimum absolute atomic E-state index is 0.0238. The molecule has 0 radical (unpaired) electrons. The average Bonchev–Trinajstić information content (AvgIpc) is 2.38. The van der Waals surface area contributed by atoms with Gasteiger partial charge in [0, 0.05) is 25.2 Å². The van der Waals surface area contributed by atoms with Gasteiger partial charge in [0.25, 0.3) is 0 Å². The number of carbonyl (C=O) groups is 1. The molecule has 2 N–H and O–H groups in total. The zero-order valence-corrected chi connectivity index (χ0v) is 12.0. The number of halogens is 3. The SMILES string of the molecule is CC(=O)Nc1ccccc1CNc1c(F)cc(F)cc1Cl. The van der Waals surface area contributed by atoms with Crippen LogP contribution in [0.3, 0.4) is 0 Å². The first-order valence-electron chi connectivity index (χ1n) is 6.21. The molecular formula is C15H13ClF2N2O. The minimum Gasteiger partial charge on any atom is -0.377 e. The van der Waals surface area contributed by atoms with Crippen LogP contribution in [0.5, 0.6) is 0 Å². The van der Waals surface area contributed by atoms with E-state index in [9.17, 15) is 13.6 Å². The van der Waals surface area contributed by atoms with Gasteiger partial charge in [0.05, 0.1) is 10.7 Å². The number of nitrogens with one attached hydrogen (secondary N) is 2. The molecule has 0 bridgehead atoms. The Morgan fingerprint density at radius 1 is 1.24 bits per heavy atom. The van der Waals surface area contributed by atoms with Gasteiger partial charge in [-0.3, -0.25) is 4.79 Å². The zero-order valence-electron chi connectivity index (χ0n) is 11.2. The van der Waals surface area contributed by atoms with E-state index in [1.807, 2.05) is 0 Å². The van der Waals surface area contributed by atoms with Crippen LogP contribution in [0.25, 0.3) is 0 Å². The Kier molecular flexibility index (Phi) is 4.75. The quantitative estimate of drug-likeness (QED) is 0.889. The van der Waals surface area contributed by atoms with E-state index in [4.69, 9.17) is 11.6 Å². The van der Waals surface area contributed by atoms with Crippen LogP contribution in [-0.4, -0.2) is 5.91 Å². The Morgan fingerprint density at radius 3 is 2.62 bits per heavy atom. The standard InChI is InChI=1S/C15H13ClF2N2O/c1-9(21)20-14-5-3-2-4-10(14)8-19-15-12(16)6-11(17)7-13(15)18/h2-7,19H,8H2,1H3,(H,20,21). The summed E-state index contributed by atoms with van der Waals surface area (Å²) in [5.41, 5.74) is 1.40. The summed E-state index contributed by atoms with van der Waals surface area (Å²) in [6, 6.07) is 8.89. The molecule has 0 aliphatic rings. The van der Waals surface area contributed by atoms with Crippen molar-refractivity contribution in [3.63, 3.8) is 0 Å². The van der Waals surface area contributed by atoms with Gasteiger partial charge in [-0.25, -0.2) is 8.78 Å². The smallest absolute Gasteiger partial charge is 0.221 e. The maximum Gasteiger partial charge on any atom is 0.221 e. The summed E-state index contributed by atoms with van der Waals surface area (Å²) in [5, 5.41) is 5.46. The number of hydrogen-bond donors (Lipinski definition) is 2. The summed E-state index contributed by atoms with van der Waals surface area (Å²) < 4.78 is 26.6. The number of amides is 1. The molecule has 0 aliphatic carbocycles. The van der Waals surface area contributed by atoms with Crippen LogP contribution in [0.1, 0.15) is 12.5 Å². The Morgan fingerprint density at radius 2 is 1.95 bits per heavy atom. The average molecular weight is 311 g/mol. The second-order valence-corrected chi connectivity index (χ2v) is 4.84. The normalized spacial score (nSPS) is 10.3. The fraction of sp³-hybridized carbons (Fsp3) is 0.133. The molecule has 2 rings (SSSR count). The summed E-state index contributed by atoms with van der Waals surface area (Å²) in [4.78, 5) is 11.1. The summed E-state index contributed by atoms with van der Waals surface area (Å²) in [6.45, 7) is 1.64. The summed E-state index contributed by atoms with van der Waals surface area (Å²) in [5.74, 6) is -1.70. The molecule has 0 aliphatic heterocycles. The highest BCUT2D eigenvalue weighted by molar-refractivity contribution is 6.33. The largest absolute Gasteiger partial charge is 0.377 e. The van der Waals surface area contributed by atoms with Crippen molar-refractivity contribution in [2.24, 2.45) is 0 Å². The lowest BCUT2D eigenvalue weighted by molar-refractivity contribution is -0.114. The predicted molar refractivity (Wildman–Crippen MR) is 79.4 cm³/mol. The third-order valence-electron chi connectivity index (χ3n) is 2.79. The maximum absolute atomic E-state index is 13.7. The molecule has 0 fully saturated rings. The van der Waals surface area contributed by atoms with Crippen molar-refractivity contribution in [3.05, 3.63) is 58.6 Å². The second kappa shape index (κ2) is 6.54. The third-order valence-corrected chi connectivity index (χ3v) is 3.09. The first kappa shape index (κ1) is 15.3. The van der Waals surface area contributed by atoms with Crippen LogP contribution in [0.15, 0.2) is 36.4 Å². The number of carbonyl (C=O) groups excluding carboxylic acids is 1. The highest BCUT2D eigenvalue weighted by atomic mass is 35.5. The zero-order chi connectivity index (χ0) is 15.4. The molecule has 0 saturated heterocycles. The fourth-order valence-electron chi connectivity index (χ4n) is 1.88. The van der Waals surface area contributed by atoms with E-state index in [1.54, 1.807) is 24.3 Å². The molecule has 2 aromatic rings. The van der Waals surface area contributed by atoms with Gasteiger partial charge in [0.2, 0.25) is 5.91 Å². The molecule has 1 amide bonds. The van der Waals surface area contributed by atoms with E-state index >= 15 is 0 Å². The Balaban J connectivity index is 2.19. The topological polar surface area (TPSA) is 41.1 Å². The molecule has 3 nitrogen and oxygen atoms in total. The van der Waals surface area contributed by atoms with Gasteiger partial charge >= 0.3 is 0 Å². The van der Waals surface area contributed by atoms with Crippen LogP contribution >= 0.6 is 11.6 Å². The van der Waals surface area contributed by atoms with Gasteiger partial charge in [-0.15, -0.1) is 0 Å². The summed E-state index contributed by atoms with van der Waals surface area (Å²) >= 11 is 5.81. The van der Waals surface area contributed by atoms with Crippen LogP contribution in [0.2, 0.25) is 5.02 Å². The van der Waals surface area contributed by atoms with Crippen LogP contribution in [0, 0.1) is 11.6 Å². The van der Waals surface area contributed by atoms with E-state index in [-0.39, 0.29) is 23.2 Å². The lowest BCUT2D eigenvalue weighted by atomic mass is 10.1. The van der Waals surface area contributed by atoms with E-state index < -0.39 is 11.6 Å². The summed E-state index contributed by atoms with van der Waals surface area (Å²) in [6.07, 6.45) is 0. The fourth-order valence-corrected chi connectivity index (χ4v) is 2.14.